The summed E-state index contributed by atoms with van der Waals surface area (Å²) in [6.07, 6.45) is 5.78. The van der Waals surface area contributed by atoms with E-state index < -0.39 is 0 Å². The molecule has 0 spiro atoms. The van der Waals surface area contributed by atoms with Crippen LogP contribution in [0.5, 0.6) is 0 Å². The van der Waals surface area contributed by atoms with Gasteiger partial charge in [0.05, 0.1) is 18.1 Å². The Balaban J connectivity index is 2.37. The highest BCUT2D eigenvalue weighted by Gasteiger charge is 2.02. The van der Waals surface area contributed by atoms with Crippen LogP contribution < -0.4 is 5.73 Å². The molecule has 0 radical (unpaired) electrons. The van der Waals surface area contributed by atoms with Gasteiger partial charge in [0.1, 0.15) is 0 Å². The van der Waals surface area contributed by atoms with Crippen molar-refractivity contribution in [2.75, 3.05) is 5.73 Å². The molecule has 0 aromatic carbocycles. The first kappa shape index (κ1) is 8.99. The van der Waals surface area contributed by atoms with Crippen molar-refractivity contribution in [2.24, 2.45) is 0 Å². The van der Waals surface area contributed by atoms with Gasteiger partial charge in [0, 0.05) is 11.9 Å². The van der Waals surface area contributed by atoms with Crippen molar-refractivity contribution in [1.82, 2.24) is 14.8 Å². The smallest absolute Gasteiger partial charge is 0.157 e. The summed E-state index contributed by atoms with van der Waals surface area (Å²) < 4.78 is 1.93. The molecule has 0 aliphatic heterocycles. The highest BCUT2D eigenvalue weighted by molar-refractivity contribution is 5.77. The van der Waals surface area contributed by atoms with E-state index in [0.717, 1.165) is 30.4 Å². The van der Waals surface area contributed by atoms with Crippen molar-refractivity contribution in [2.45, 2.75) is 26.3 Å². The zero-order chi connectivity index (χ0) is 9.97. The van der Waals surface area contributed by atoms with Crippen LogP contribution in [0, 0.1) is 0 Å². The van der Waals surface area contributed by atoms with E-state index in [1.165, 1.54) is 0 Å². The molecule has 4 nitrogen and oxygen atoms in total. The zero-order valence-corrected chi connectivity index (χ0v) is 8.27. The summed E-state index contributed by atoms with van der Waals surface area (Å²) in [4.78, 5) is 4.27. The fourth-order valence-corrected chi connectivity index (χ4v) is 1.46. The van der Waals surface area contributed by atoms with Crippen LogP contribution >= 0.6 is 0 Å². The number of nitrogens with two attached hydrogens (primary N) is 1. The number of aromatic nitrogens is 3. The van der Waals surface area contributed by atoms with E-state index in [0.29, 0.717) is 5.69 Å². The van der Waals surface area contributed by atoms with Gasteiger partial charge in [-0.1, -0.05) is 13.3 Å². The second-order valence-electron chi connectivity index (χ2n) is 3.40. The Morgan fingerprint density at radius 1 is 1.43 bits per heavy atom. The Hall–Kier alpha value is -1.58. The number of anilines is 1. The van der Waals surface area contributed by atoms with Crippen LogP contribution in [-0.2, 0) is 6.54 Å². The minimum Gasteiger partial charge on any atom is -0.397 e. The Labute approximate surface area is 82.7 Å². The number of nitrogen functional groups attached to an aromatic ring is 1. The molecule has 2 aromatic rings. The van der Waals surface area contributed by atoms with Gasteiger partial charge in [-0.2, -0.15) is 5.10 Å². The van der Waals surface area contributed by atoms with E-state index >= 15 is 0 Å². The number of hydrogen-bond donors (Lipinski definition) is 1. The second-order valence-corrected chi connectivity index (χ2v) is 3.40. The Bertz CT molecular complexity index is 433. The van der Waals surface area contributed by atoms with Gasteiger partial charge >= 0.3 is 0 Å². The van der Waals surface area contributed by atoms with Crippen molar-refractivity contribution in [1.29, 1.82) is 0 Å². The molecule has 0 saturated carbocycles. The zero-order valence-electron chi connectivity index (χ0n) is 8.27. The summed E-state index contributed by atoms with van der Waals surface area (Å²) in [6.45, 7) is 3.09. The van der Waals surface area contributed by atoms with Gasteiger partial charge in [-0.3, -0.25) is 0 Å². The van der Waals surface area contributed by atoms with Crippen LogP contribution in [0.15, 0.2) is 18.5 Å². The molecule has 0 amide bonds. The molecule has 2 aromatic heterocycles. The lowest BCUT2D eigenvalue weighted by Gasteiger charge is -2.00. The highest BCUT2D eigenvalue weighted by atomic mass is 15.3. The third-order valence-corrected chi connectivity index (χ3v) is 2.22. The maximum Gasteiger partial charge on any atom is 0.157 e. The van der Waals surface area contributed by atoms with Gasteiger partial charge in [0.15, 0.2) is 5.65 Å². The van der Waals surface area contributed by atoms with Crippen LogP contribution in [-0.4, -0.2) is 14.8 Å². The lowest BCUT2D eigenvalue weighted by atomic mass is 10.3. The van der Waals surface area contributed by atoms with E-state index in [9.17, 15) is 0 Å². The summed E-state index contributed by atoms with van der Waals surface area (Å²) in [5.74, 6) is 0. The molecular weight excluding hydrogens is 176 g/mol. The standard InChI is InChI=1S/C10H14N4/c1-2-3-4-14-10-8(6-13-14)5-9(11)7-12-10/h5-7H,2-4,11H2,1H3. The summed E-state index contributed by atoms with van der Waals surface area (Å²) in [5.41, 5.74) is 7.25. The van der Waals surface area contributed by atoms with E-state index in [1.54, 1.807) is 6.20 Å². The van der Waals surface area contributed by atoms with Crippen LogP contribution in [0.2, 0.25) is 0 Å². The third kappa shape index (κ3) is 1.55. The number of hydrogen-bond acceptors (Lipinski definition) is 3. The molecule has 4 heteroatoms. The molecule has 14 heavy (non-hydrogen) atoms. The second kappa shape index (κ2) is 3.65. The predicted octanol–water partition coefficient (Wildman–Crippen LogP) is 1.81. The van der Waals surface area contributed by atoms with Crippen molar-refractivity contribution >= 4 is 16.7 Å². The fourth-order valence-electron chi connectivity index (χ4n) is 1.46. The Kier molecular flexibility index (Phi) is 2.35. The number of fused-ring (bicyclic) bond motifs is 1. The topological polar surface area (TPSA) is 56.7 Å². The summed E-state index contributed by atoms with van der Waals surface area (Å²) in [5, 5.41) is 5.29. The molecule has 0 unspecified atom stereocenters. The molecule has 0 saturated heterocycles. The minimum absolute atomic E-state index is 0.688. The normalized spacial score (nSPS) is 10.9. The molecule has 2 N–H and O–H groups in total. The summed E-state index contributed by atoms with van der Waals surface area (Å²) >= 11 is 0. The van der Waals surface area contributed by atoms with Gasteiger partial charge in [-0.15, -0.1) is 0 Å². The maximum atomic E-state index is 5.63. The Morgan fingerprint density at radius 2 is 2.29 bits per heavy atom. The number of unbranched alkanes of at least 4 members (excludes halogenated alkanes) is 1. The largest absolute Gasteiger partial charge is 0.397 e. The first-order valence-corrected chi connectivity index (χ1v) is 4.88. The van der Waals surface area contributed by atoms with Gasteiger partial charge in [0.2, 0.25) is 0 Å². The van der Waals surface area contributed by atoms with Crippen LogP contribution in [0.1, 0.15) is 19.8 Å². The fraction of sp³-hybridized carbons (Fsp3) is 0.400. The SMILES string of the molecule is CCCCn1ncc2cc(N)cnc21. The van der Waals surface area contributed by atoms with E-state index in [4.69, 9.17) is 5.73 Å². The van der Waals surface area contributed by atoms with E-state index in [1.807, 2.05) is 16.9 Å². The van der Waals surface area contributed by atoms with Crippen LogP contribution in [0.4, 0.5) is 5.69 Å². The molecule has 0 aliphatic rings. The molecule has 0 bridgehead atoms. The molecule has 0 aliphatic carbocycles. The average Bonchev–Trinajstić information content (AvgIpc) is 2.57. The maximum absolute atomic E-state index is 5.63. The lowest BCUT2D eigenvalue weighted by molar-refractivity contribution is 0.584. The number of aryl methyl sites for hydroxylation is 1. The Morgan fingerprint density at radius 3 is 3.07 bits per heavy atom. The van der Waals surface area contributed by atoms with Gasteiger partial charge in [-0.25, -0.2) is 9.67 Å². The first-order valence-electron chi connectivity index (χ1n) is 4.88. The quantitative estimate of drug-likeness (QED) is 0.803. The van der Waals surface area contributed by atoms with E-state index in [-0.39, 0.29) is 0 Å². The van der Waals surface area contributed by atoms with Gasteiger partial charge < -0.3 is 5.73 Å². The number of rotatable bonds is 3. The van der Waals surface area contributed by atoms with Crippen LogP contribution in [0.25, 0.3) is 11.0 Å². The third-order valence-electron chi connectivity index (χ3n) is 2.22. The van der Waals surface area contributed by atoms with Crippen molar-refractivity contribution in [3.63, 3.8) is 0 Å². The monoisotopic (exact) mass is 190 g/mol. The van der Waals surface area contributed by atoms with Crippen molar-refractivity contribution < 1.29 is 0 Å². The lowest BCUT2D eigenvalue weighted by Crippen LogP contribution is -2.00. The van der Waals surface area contributed by atoms with Gasteiger partial charge in [0.25, 0.3) is 0 Å². The average molecular weight is 190 g/mol. The number of pyridine rings is 1. The predicted molar refractivity (Wildman–Crippen MR) is 56.8 cm³/mol. The van der Waals surface area contributed by atoms with Crippen molar-refractivity contribution in [3.8, 4) is 0 Å². The molecule has 2 heterocycles. The summed E-state index contributed by atoms with van der Waals surface area (Å²) in [6, 6.07) is 1.90. The summed E-state index contributed by atoms with van der Waals surface area (Å²) in [7, 11) is 0. The first-order chi connectivity index (χ1) is 6.81. The highest BCUT2D eigenvalue weighted by Crippen LogP contribution is 2.14. The van der Waals surface area contributed by atoms with Gasteiger partial charge in [-0.05, 0) is 12.5 Å². The molecular formula is C10H14N4. The molecule has 74 valence electrons. The molecule has 2 rings (SSSR count). The van der Waals surface area contributed by atoms with Crippen molar-refractivity contribution in [3.05, 3.63) is 18.5 Å². The minimum atomic E-state index is 0.688. The molecule has 0 fully saturated rings. The van der Waals surface area contributed by atoms with E-state index in [2.05, 4.69) is 17.0 Å². The molecule has 0 atom stereocenters. The number of nitrogens with zero attached hydrogens (tertiary/aromatic N) is 3. The van der Waals surface area contributed by atoms with Crippen LogP contribution in [0.3, 0.4) is 0 Å².